The first-order chi connectivity index (χ1) is 17.0. The SMILES string of the molecule is CC(NC(=O)CN1CCN(c2cnn(-c3ccccc3)c(=O)c2Cl)CC1)c1ccc2c(c1)OCO2. The summed E-state index contributed by atoms with van der Waals surface area (Å²) >= 11 is 6.44. The van der Waals surface area contributed by atoms with Crippen LogP contribution in [-0.4, -0.2) is 60.1 Å². The fourth-order valence-electron chi connectivity index (χ4n) is 4.30. The molecule has 10 heteroatoms. The number of hydrogen-bond donors (Lipinski definition) is 1. The lowest BCUT2D eigenvalue weighted by Crippen LogP contribution is -2.50. The van der Waals surface area contributed by atoms with E-state index in [4.69, 9.17) is 21.1 Å². The molecule has 2 aliphatic heterocycles. The Morgan fingerprint density at radius 2 is 1.83 bits per heavy atom. The summed E-state index contributed by atoms with van der Waals surface area (Å²) in [6, 6.07) is 14.7. The molecule has 1 aromatic heterocycles. The number of halogens is 1. The number of para-hydroxylation sites is 1. The molecular formula is C25H26ClN5O4. The first kappa shape index (κ1) is 23.2. The molecule has 1 amide bonds. The number of benzene rings is 2. The van der Waals surface area contributed by atoms with Crippen LogP contribution in [0.15, 0.2) is 59.5 Å². The van der Waals surface area contributed by atoms with Gasteiger partial charge in [-0.15, -0.1) is 0 Å². The molecular weight excluding hydrogens is 470 g/mol. The third kappa shape index (κ3) is 4.96. The quantitative estimate of drug-likeness (QED) is 0.562. The summed E-state index contributed by atoms with van der Waals surface area (Å²) in [5, 5.41) is 7.51. The van der Waals surface area contributed by atoms with Crippen molar-refractivity contribution < 1.29 is 14.3 Å². The Labute approximate surface area is 207 Å². The van der Waals surface area contributed by atoms with Gasteiger partial charge in [0.1, 0.15) is 5.02 Å². The van der Waals surface area contributed by atoms with Gasteiger partial charge in [-0.2, -0.15) is 9.78 Å². The second-order valence-electron chi connectivity index (χ2n) is 8.56. The maximum absolute atomic E-state index is 12.8. The Morgan fingerprint density at radius 1 is 1.09 bits per heavy atom. The summed E-state index contributed by atoms with van der Waals surface area (Å²) in [6.45, 7) is 5.08. The van der Waals surface area contributed by atoms with Crippen LogP contribution in [0.2, 0.25) is 5.02 Å². The van der Waals surface area contributed by atoms with E-state index in [-0.39, 0.29) is 29.3 Å². The molecule has 3 aromatic rings. The van der Waals surface area contributed by atoms with E-state index in [9.17, 15) is 9.59 Å². The summed E-state index contributed by atoms with van der Waals surface area (Å²) in [4.78, 5) is 29.6. The maximum atomic E-state index is 12.8. The maximum Gasteiger partial charge on any atom is 0.292 e. The first-order valence-corrected chi connectivity index (χ1v) is 11.9. The molecule has 0 spiro atoms. The molecule has 182 valence electrons. The Hall–Kier alpha value is -3.56. The topological polar surface area (TPSA) is 88.9 Å². The van der Waals surface area contributed by atoms with E-state index >= 15 is 0 Å². The highest BCUT2D eigenvalue weighted by Crippen LogP contribution is 2.34. The lowest BCUT2D eigenvalue weighted by atomic mass is 10.1. The number of piperazine rings is 1. The lowest BCUT2D eigenvalue weighted by Gasteiger charge is -2.36. The van der Waals surface area contributed by atoms with Crippen molar-refractivity contribution in [2.75, 3.05) is 44.4 Å². The minimum atomic E-state index is -0.352. The minimum absolute atomic E-state index is 0.0474. The van der Waals surface area contributed by atoms with Crippen LogP contribution in [0, 0.1) is 0 Å². The molecule has 35 heavy (non-hydrogen) atoms. The summed E-state index contributed by atoms with van der Waals surface area (Å²) in [7, 11) is 0. The molecule has 1 fully saturated rings. The molecule has 0 saturated carbocycles. The molecule has 1 saturated heterocycles. The molecule has 5 rings (SSSR count). The fraction of sp³-hybridized carbons (Fsp3) is 0.320. The number of carbonyl (C=O) groups excluding carboxylic acids is 1. The number of amides is 1. The van der Waals surface area contributed by atoms with Crippen LogP contribution in [-0.2, 0) is 4.79 Å². The number of nitrogens with zero attached hydrogens (tertiary/aromatic N) is 4. The summed E-state index contributed by atoms with van der Waals surface area (Å²) in [6.07, 6.45) is 1.63. The van der Waals surface area contributed by atoms with Crippen LogP contribution < -0.4 is 25.2 Å². The normalized spacial score (nSPS) is 16.2. The van der Waals surface area contributed by atoms with Crippen molar-refractivity contribution in [2.24, 2.45) is 0 Å². The number of nitrogens with one attached hydrogen (secondary N) is 1. The zero-order valence-corrected chi connectivity index (χ0v) is 20.1. The van der Waals surface area contributed by atoms with Gasteiger partial charge in [0.2, 0.25) is 12.7 Å². The van der Waals surface area contributed by atoms with Crippen molar-refractivity contribution >= 4 is 23.2 Å². The van der Waals surface area contributed by atoms with Crippen molar-refractivity contribution in [2.45, 2.75) is 13.0 Å². The lowest BCUT2D eigenvalue weighted by molar-refractivity contribution is -0.123. The van der Waals surface area contributed by atoms with Crippen molar-refractivity contribution in [3.05, 3.63) is 75.7 Å². The Bertz CT molecular complexity index is 1270. The summed E-state index contributed by atoms with van der Waals surface area (Å²) < 4.78 is 12.1. The molecule has 3 heterocycles. The van der Waals surface area contributed by atoms with Gasteiger partial charge >= 0.3 is 0 Å². The number of carbonyl (C=O) groups is 1. The summed E-state index contributed by atoms with van der Waals surface area (Å²) in [5.74, 6) is 1.37. The van der Waals surface area contributed by atoms with E-state index in [1.54, 1.807) is 6.20 Å². The monoisotopic (exact) mass is 495 g/mol. The van der Waals surface area contributed by atoms with Crippen LogP contribution >= 0.6 is 11.6 Å². The molecule has 0 bridgehead atoms. The average molecular weight is 496 g/mol. The zero-order valence-electron chi connectivity index (χ0n) is 19.3. The molecule has 1 atom stereocenters. The molecule has 9 nitrogen and oxygen atoms in total. The largest absolute Gasteiger partial charge is 0.454 e. The highest BCUT2D eigenvalue weighted by molar-refractivity contribution is 6.33. The van der Waals surface area contributed by atoms with Gasteiger partial charge in [0.15, 0.2) is 11.5 Å². The van der Waals surface area contributed by atoms with Crippen LogP contribution in [0.4, 0.5) is 5.69 Å². The standard InChI is InChI=1S/C25H26ClN5O4/c1-17(18-7-8-21-22(13-18)35-16-34-21)28-23(32)15-29-9-11-30(12-10-29)20-14-27-31(25(33)24(20)26)19-5-3-2-4-6-19/h2-8,13-14,17H,9-12,15-16H2,1H3,(H,28,32). The molecule has 2 aliphatic rings. The second kappa shape index (κ2) is 9.97. The molecule has 1 N–H and O–H groups in total. The number of hydrogen-bond acceptors (Lipinski definition) is 7. The molecule has 1 unspecified atom stereocenters. The Balaban J connectivity index is 1.16. The predicted molar refractivity (Wildman–Crippen MR) is 133 cm³/mol. The number of fused-ring (bicyclic) bond motifs is 1. The van der Waals surface area contributed by atoms with E-state index in [0.29, 0.717) is 49.8 Å². The van der Waals surface area contributed by atoms with E-state index < -0.39 is 0 Å². The van der Waals surface area contributed by atoms with E-state index in [1.807, 2.05) is 60.4 Å². The van der Waals surface area contributed by atoms with Gasteiger partial charge in [-0.05, 0) is 36.8 Å². The van der Waals surface area contributed by atoms with E-state index in [0.717, 1.165) is 11.3 Å². The third-order valence-electron chi connectivity index (χ3n) is 6.26. The van der Waals surface area contributed by atoms with Crippen molar-refractivity contribution in [1.29, 1.82) is 0 Å². The van der Waals surface area contributed by atoms with Gasteiger partial charge in [0.05, 0.1) is 30.2 Å². The van der Waals surface area contributed by atoms with Gasteiger partial charge in [-0.1, -0.05) is 35.9 Å². The second-order valence-corrected chi connectivity index (χ2v) is 8.94. The number of anilines is 1. The van der Waals surface area contributed by atoms with Crippen LogP contribution in [0.3, 0.4) is 0 Å². The summed E-state index contributed by atoms with van der Waals surface area (Å²) in [5.41, 5.74) is 1.88. The van der Waals surface area contributed by atoms with E-state index in [2.05, 4.69) is 15.3 Å². The Morgan fingerprint density at radius 3 is 2.60 bits per heavy atom. The third-order valence-corrected chi connectivity index (χ3v) is 6.61. The zero-order chi connectivity index (χ0) is 24.4. The fourth-order valence-corrected chi connectivity index (χ4v) is 4.55. The Kier molecular flexibility index (Phi) is 6.61. The number of rotatable bonds is 6. The van der Waals surface area contributed by atoms with Crippen molar-refractivity contribution in [3.63, 3.8) is 0 Å². The minimum Gasteiger partial charge on any atom is -0.454 e. The van der Waals surface area contributed by atoms with Gasteiger partial charge in [-0.25, -0.2) is 0 Å². The van der Waals surface area contributed by atoms with Gasteiger partial charge < -0.3 is 19.7 Å². The molecule has 2 aromatic carbocycles. The number of ether oxygens (including phenoxy) is 2. The molecule has 0 radical (unpaired) electrons. The van der Waals surface area contributed by atoms with Gasteiger partial charge in [0.25, 0.3) is 5.56 Å². The van der Waals surface area contributed by atoms with Gasteiger partial charge in [-0.3, -0.25) is 14.5 Å². The van der Waals surface area contributed by atoms with Crippen LogP contribution in [0.25, 0.3) is 5.69 Å². The van der Waals surface area contributed by atoms with Crippen LogP contribution in [0.5, 0.6) is 11.5 Å². The van der Waals surface area contributed by atoms with Crippen LogP contribution in [0.1, 0.15) is 18.5 Å². The molecule has 0 aliphatic carbocycles. The first-order valence-electron chi connectivity index (χ1n) is 11.5. The average Bonchev–Trinajstić information content (AvgIpc) is 3.35. The highest BCUT2D eigenvalue weighted by Gasteiger charge is 2.24. The predicted octanol–water partition coefficient (Wildman–Crippen LogP) is 2.61. The smallest absolute Gasteiger partial charge is 0.292 e. The highest BCUT2D eigenvalue weighted by atomic mass is 35.5. The van der Waals surface area contributed by atoms with Crippen molar-refractivity contribution in [1.82, 2.24) is 20.0 Å². The number of aromatic nitrogens is 2. The van der Waals surface area contributed by atoms with Crippen molar-refractivity contribution in [3.8, 4) is 17.2 Å². The van der Waals surface area contributed by atoms with E-state index in [1.165, 1.54) is 4.68 Å². The van der Waals surface area contributed by atoms with Gasteiger partial charge in [0, 0.05) is 26.2 Å².